The molecule has 0 saturated heterocycles. The molecule has 2 aromatic rings. The van der Waals surface area contributed by atoms with E-state index in [-0.39, 0.29) is 5.56 Å². The average molecular weight is 163 g/mol. The summed E-state index contributed by atoms with van der Waals surface area (Å²) in [6.07, 6.45) is 1.63. The van der Waals surface area contributed by atoms with Crippen molar-refractivity contribution in [1.29, 1.82) is 0 Å². The second-order valence-electron chi connectivity index (χ2n) is 2.72. The highest BCUT2D eigenvalue weighted by Crippen LogP contribution is 2.04. The van der Waals surface area contributed by atoms with Crippen LogP contribution in [0.3, 0.4) is 0 Å². The monoisotopic (exact) mass is 163 g/mol. The van der Waals surface area contributed by atoms with Crippen molar-refractivity contribution in [3.05, 3.63) is 28.7 Å². The molecule has 0 amide bonds. The minimum Gasteiger partial charge on any atom is -0.284 e. The Hall–Kier alpha value is -1.58. The zero-order valence-corrected chi connectivity index (χ0v) is 6.98. The third-order valence-electron chi connectivity index (χ3n) is 2.08. The zero-order chi connectivity index (χ0) is 8.72. The van der Waals surface area contributed by atoms with Gasteiger partial charge in [-0.15, -0.1) is 0 Å². The van der Waals surface area contributed by atoms with Crippen LogP contribution in [0.5, 0.6) is 0 Å². The molecule has 0 N–H and O–H groups in total. The molecule has 2 rings (SSSR count). The van der Waals surface area contributed by atoms with Crippen molar-refractivity contribution in [2.24, 2.45) is 14.1 Å². The molecule has 0 aromatic carbocycles. The van der Waals surface area contributed by atoms with Crippen LogP contribution in [0.1, 0.15) is 0 Å². The summed E-state index contributed by atoms with van der Waals surface area (Å²) < 4.78 is 3.32. The van der Waals surface area contributed by atoms with Crippen LogP contribution in [0.15, 0.2) is 23.1 Å². The number of nitrogens with zero attached hydrogens (tertiary/aromatic N) is 3. The molecule has 0 saturated carbocycles. The van der Waals surface area contributed by atoms with Crippen molar-refractivity contribution < 1.29 is 0 Å². The second-order valence-corrected chi connectivity index (χ2v) is 2.72. The molecule has 0 radical (unpaired) electrons. The van der Waals surface area contributed by atoms with Gasteiger partial charge < -0.3 is 0 Å². The number of aryl methyl sites for hydroxylation is 1. The van der Waals surface area contributed by atoms with E-state index >= 15 is 0 Å². The predicted octanol–water partition coefficient (Wildman–Crippen LogP) is 0.272. The van der Waals surface area contributed by atoms with E-state index in [9.17, 15) is 4.79 Å². The maximum absolute atomic E-state index is 11.4. The fraction of sp³-hybridized carbons (Fsp3) is 0.250. The number of rotatable bonds is 0. The van der Waals surface area contributed by atoms with Gasteiger partial charge in [0.15, 0.2) is 5.52 Å². The van der Waals surface area contributed by atoms with Gasteiger partial charge in [0.2, 0.25) is 0 Å². The lowest BCUT2D eigenvalue weighted by molar-refractivity contribution is 0.595. The third-order valence-corrected chi connectivity index (χ3v) is 2.08. The van der Waals surface area contributed by atoms with Crippen molar-refractivity contribution >= 4 is 11.0 Å². The summed E-state index contributed by atoms with van der Waals surface area (Å²) in [5, 5.41) is 0. The zero-order valence-electron chi connectivity index (χ0n) is 6.98. The first kappa shape index (κ1) is 7.09. The molecule has 0 fully saturated rings. The van der Waals surface area contributed by atoms with Crippen LogP contribution < -0.4 is 5.56 Å². The minimum atomic E-state index is -0.0481. The molecule has 4 nitrogen and oxygen atoms in total. The number of fused-ring (bicyclic) bond motifs is 1. The van der Waals surface area contributed by atoms with Gasteiger partial charge in [-0.1, -0.05) is 0 Å². The fourth-order valence-electron chi connectivity index (χ4n) is 1.27. The highest BCUT2D eigenvalue weighted by molar-refractivity contribution is 5.73. The van der Waals surface area contributed by atoms with E-state index in [0.29, 0.717) is 5.52 Å². The van der Waals surface area contributed by atoms with Gasteiger partial charge in [-0.2, -0.15) is 0 Å². The number of hydrogen-bond acceptors (Lipinski definition) is 2. The van der Waals surface area contributed by atoms with E-state index in [4.69, 9.17) is 0 Å². The van der Waals surface area contributed by atoms with Gasteiger partial charge in [0.1, 0.15) is 0 Å². The largest absolute Gasteiger partial charge is 0.292 e. The minimum absolute atomic E-state index is 0.0481. The van der Waals surface area contributed by atoms with E-state index in [2.05, 4.69) is 4.98 Å². The van der Waals surface area contributed by atoms with Crippen molar-refractivity contribution in [2.75, 3.05) is 0 Å². The van der Waals surface area contributed by atoms with Crippen LogP contribution in [0, 0.1) is 0 Å². The average Bonchev–Trinajstić information content (AvgIpc) is 2.33. The molecule has 62 valence electrons. The van der Waals surface area contributed by atoms with Gasteiger partial charge in [0.25, 0.3) is 5.56 Å². The van der Waals surface area contributed by atoms with Gasteiger partial charge in [0.05, 0.1) is 5.52 Å². The van der Waals surface area contributed by atoms with Crippen molar-refractivity contribution in [3.63, 3.8) is 0 Å². The lowest BCUT2D eigenvalue weighted by Gasteiger charge is -1.97. The van der Waals surface area contributed by atoms with Crippen LogP contribution in [0.25, 0.3) is 11.0 Å². The van der Waals surface area contributed by atoms with Gasteiger partial charge in [-0.05, 0) is 12.1 Å². The van der Waals surface area contributed by atoms with E-state index in [1.807, 2.05) is 19.2 Å². The lowest BCUT2D eigenvalue weighted by Crippen LogP contribution is -2.16. The Morgan fingerprint density at radius 3 is 2.75 bits per heavy atom. The highest BCUT2D eigenvalue weighted by Gasteiger charge is 2.06. The summed E-state index contributed by atoms with van der Waals surface area (Å²) in [5.41, 5.74) is 1.35. The molecule has 2 heterocycles. The first-order chi connectivity index (χ1) is 5.72. The fourth-order valence-corrected chi connectivity index (χ4v) is 1.27. The van der Waals surface area contributed by atoms with Crippen LogP contribution in [-0.4, -0.2) is 14.3 Å². The maximum Gasteiger partial charge on any atom is 0.292 e. The summed E-state index contributed by atoms with van der Waals surface area (Å²) in [4.78, 5) is 15.4. The summed E-state index contributed by atoms with van der Waals surface area (Å²) in [5.74, 6) is 0. The standard InChI is InChI=1S/C8H9N3O/c1-10-6-4-3-5-9-7(6)8(12)11(10)2/h3-5H,1-2H3. The molecule has 0 bridgehead atoms. The Balaban J connectivity index is 3.09. The van der Waals surface area contributed by atoms with E-state index in [0.717, 1.165) is 5.52 Å². The lowest BCUT2D eigenvalue weighted by atomic mass is 10.4. The number of pyridine rings is 1. The molecule has 0 atom stereocenters. The molecule has 0 spiro atoms. The number of hydrogen-bond donors (Lipinski definition) is 0. The number of aromatic nitrogens is 3. The predicted molar refractivity (Wildman–Crippen MR) is 46.0 cm³/mol. The molecule has 2 aromatic heterocycles. The summed E-state index contributed by atoms with van der Waals surface area (Å²) in [6.45, 7) is 0. The van der Waals surface area contributed by atoms with Crippen molar-refractivity contribution in [3.8, 4) is 0 Å². The van der Waals surface area contributed by atoms with Crippen LogP contribution in [-0.2, 0) is 14.1 Å². The summed E-state index contributed by atoms with van der Waals surface area (Å²) in [7, 11) is 3.56. The Morgan fingerprint density at radius 2 is 2.08 bits per heavy atom. The third kappa shape index (κ3) is 0.717. The second kappa shape index (κ2) is 2.20. The van der Waals surface area contributed by atoms with Gasteiger partial charge in [-0.25, -0.2) is 4.98 Å². The molecular formula is C8H9N3O. The highest BCUT2D eigenvalue weighted by atomic mass is 16.1. The first-order valence-corrected chi connectivity index (χ1v) is 3.68. The van der Waals surface area contributed by atoms with Gasteiger partial charge >= 0.3 is 0 Å². The Labute approximate surface area is 69.0 Å². The summed E-state index contributed by atoms with van der Waals surface area (Å²) >= 11 is 0. The van der Waals surface area contributed by atoms with Crippen LogP contribution in [0.4, 0.5) is 0 Å². The molecule has 0 aliphatic rings. The topological polar surface area (TPSA) is 39.8 Å². The van der Waals surface area contributed by atoms with Crippen molar-refractivity contribution in [1.82, 2.24) is 14.3 Å². The van der Waals surface area contributed by atoms with Crippen molar-refractivity contribution in [2.45, 2.75) is 0 Å². The van der Waals surface area contributed by atoms with E-state index in [1.165, 1.54) is 4.68 Å². The smallest absolute Gasteiger partial charge is 0.284 e. The molecular weight excluding hydrogens is 154 g/mol. The normalized spacial score (nSPS) is 10.8. The maximum atomic E-state index is 11.4. The Kier molecular flexibility index (Phi) is 1.30. The van der Waals surface area contributed by atoms with Crippen LogP contribution in [0.2, 0.25) is 0 Å². The first-order valence-electron chi connectivity index (χ1n) is 3.68. The molecule has 4 heteroatoms. The van der Waals surface area contributed by atoms with Crippen LogP contribution >= 0.6 is 0 Å². The SMILES string of the molecule is Cn1c(=O)c2ncccc2n1C. The van der Waals surface area contributed by atoms with E-state index in [1.54, 1.807) is 17.9 Å². The molecule has 12 heavy (non-hydrogen) atoms. The van der Waals surface area contributed by atoms with Gasteiger partial charge in [0, 0.05) is 20.3 Å². The van der Waals surface area contributed by atoms with E-state index < -0.39 is 0 Å². The van der Waals surface area contributed by atoms with Gasteiger partial charge in [-0.3, -0.25) is 14.2 Å². The molecule has 0 unspecified atom stereocenters. The Bertz CT molecular complexity index is 480. The molecule has 0 aliphatic heterocycles. The summed E-state index contributed by atoms with van der Waals surface area (Å²) in [6, 6.07) is 3.70. The Morgan fingerprint density at radius 1 is 1.33 bits per heavy atom. The molecule has 0 aliphatic carbocycles. The quantitative estimate of drug-likeness (QED) is 0.559.